The molecule has 2 N–H and O–H groups in total. The molecule has 156 valence electrons. The highest BCUT2D eigenvalue weighted by molar-refractivity contribution is 5.80. The van der Waals surface area contributed by atoms with Crippen LogP contribution in [0, 0.1) is 6.92 Å². The Bertz CT molecular complexity index is 831. The molecule has 1 aromatic carbocycles. The first-order chi connectivity index (χ1) is 14.0. The molecule has 1 amide bonds. The number of guanidine groups is 1. The molecule has 29 heavy (non-hydrogen) atoms. The number of rotatable bonds is 8. The van der Waals surface area contributed by atoms with Crippen molar-refractivity contribution in [3.63, 3.8) is 0 Å². The zero-order valence-corrected chi connectivity index (χ0v) is 17.6. The largest absolute Gasteiger partial charge is 0.356 e. The Hall–Kier alpha value is -2.90. The minimum Gasteiger partial charge on any atom is -0.356 e. The number of hydrogen-bond acceptors (Lipinski definition) is 4. The second kappa shape index (κ2) is 10.0. The number of carbonyl (C=O) groups is 1. The summed E-state index contributed by atoms with van der Waals surface area (Å²) in [4.78, 5) is 18.4. The monoisotopic (exact) mass is 397 g/mol. The summed E-state index contributed by atoms with van der Waals surface area (Å²) in [6, 6.07) is 10.4. The van der Waals surface area contributed by atoms with Gasteiger partial charge in [-0.05, 0) is 32.3 Å². The molecule has 1 atom stereocenters. The van der Waals surface area contributed by atoms with Crippen LogP contribution in [0.15, 0.2) is 35.3 Å². The lowest BCUT2D eigenvalue weighted by atomic mass is 10.1. The molecule has 0 aliphatic carbocycles. The third-order valence-electron chi connectivity index (χ3n) is 5.28. The number of aromatic nitrogens is 3. The maximum absolute atomic E-state index is 11.8. The number of hydrogen-bond donors (Lipinski definition) is 2. The van der Waals surface area contributed by atoms with Crippen molar-refractivity contribution in [2.75, 3.05) is 19.6 Å². The number of nitrogens with zero attached hydrogens (tertiary/aromatic N) is 5. The zero-order chi connectivity index (χ0) is 20.6. The Morgan fingerprint density at radius 2 is 2.07 bits per heavy atom. The first kappa shape index (κ1) is 20.8. The fourth-order valence-corrected chi connectivity index (χ4v) is 3.34. The number of carbonyl (C=O) groups excluding carboxylic acids is 1. The maximum atomic E-state index is 11.8. The van der Waals surface area contributed by atoms with Gasteiger partial charge in [-0.3, -0.25) is 4.79 Å². The second-order valence-corrected chi connectivity index (χ2v) is 7.43. The predicted octanol–water partition coefficient (Wildman–Crippen LogP) is 1.93. The standard InChI is InChI=1S/C21H31N7O/c1-16(18-9-5-4-6-10-18)24-21(23-15-19-26-25-17(2)27(19)3)22-12-8-14-28-13-7-11-20(28)29/h4-6,9-10,16H,7-8,11-15H2,1-3H3,(H2,22,23,24). The molecule has 1 unspecified atom stereocenters. The van der Waals surface area contributed by atoms with Crippen molar-refractivity contribution in [2.24, 2.45) is 12.0 Å². The summed E-state index contributed by atoms with van der Waals surface area (Å²) in [5.74, 6) is 2.69. The third kappa shape index (κ3) is 5.79. The lowest BCUT2D eigenvalue weighted by molar-refractivity contribution is -0.127. The minimum atomic E-state index is 0.115. The molecule has 8 nitrogen and oxygen atoms in total. The summed E-state index contributed by atoms with van der Waals surface area (Å²) >= 11 is 0. The molecule has 1 aliphatic heterocycles. The van der Waals surface area contributed by atoms with Gasteiger partial charge in [-0.1, -0.05) is 30.3 Å². The molecule has 0 spiro atoms. The van der Waals surface area contributed by atoms with Gasteiger partial charge in [0.05, 0.1) is 6.04 Å². The van der Waals surface area contributed by atoms with E-state index in [1.54, 1.807) is 0 Å². The average Bonchev–Trinajstić information content (AvgIpc) is 3.29. The summed E-state index contributed by atoms with van der Waals surface area (Å²) in [5.41, 5.74) is 1.19. The molecule has 0 radical (unpaired) electrons. The SMILES string of the molecule is Cc1nnc(CN=C(NCCCN2CCCC2=O)NC(C)c2ccccc2)n1C. The second-order valence-electron chi connectivity index (χ2n) is 7.43. The van der Waals surface area contributed by atoms with Crippen LogP contribution in [-0.4, -0.2) is 51.2 Å². The molecular weight excluding hydrogens is 366 g/mol. The molecular formula is C21H31N7O. The van der Waals surface area contributed by atoms with Gasteiger partial charge in [-0.25, -0.2) is 4.99 Å². The molecule has 1 aromatic heterocycles. The highest BCUT2D eigenvalue weighted by Crippen LogP contribution is 2.11. The van der Waals surface area contributed by atoms with Crippen LogP contribution in [-0.2, 0) is 18.4 Å². The first-order valence-corrected chi connectivity index (χ1v) is 10.3. The van der Waals surface area contributed by atoms with Crippen LogP contribution in [0.1, 0.15) is 49.4 Å². The molecule has 2 aromatic rings. The van der Waals surface area contributed by atoms with Crippen molar-refractivity contribution in [1.82, 2.24) is 30.3 Å². The van der Waals surface area contributed by atoms with Gasteiger partial charge in [0.1, 0.15) is 12.4 Å². The highest BCUT2D eigenvalue weighted by atomic mass is 16.2. The topological polar surface area (TPSA) is 87.4 Å². The summed E-state index contributed by atoms with van der Waals surface area (Å²) in [6.45, 7) is 6.90. The Labute approximate surface area is 172 Å². The van der Waals surface area contributed by atoms with Crippen LogP contribution in [0.3, 0.4) is 0 Å². The average molecular weight is 398 g/mol. The van der Waals surface area contributed by atoms with Gasteiger partial charge in [0.2, 0.25) is 5.91 Å². The fraction of sp³-hybridized carbons (Fsp3) is 0.524. The molecule has 0 saturated carbocycles. The smallest absolute Gasteiger partial charge is 0.222 e. The summed E-state index contributed by atoms with van der Waals surface area (Å²) in [6.07, 6.45) is 2.55. The van der Waals surface area contributed by atoms with Gasteiger partial charge in [0, 0.05) is 33.1 Å². The maximum Gasteiger partial charge on any atom is 0.222 e. The van der Waals surface area contributed by atoms with Crippen molar-refractivity contribution in [3.8, 4) is 0 Å². The van der Waals surface area contributed by atoms with Gasteiger partial charge in [-0.15, -0.1) is 10.2 Å². The molecule has 8 heteroatoms. The number of aliphatic imine (C=N–C) groups is 1. The van der Waals surface area contributed by atoms with E-state index in [1.165, 1.54) is 5.56 Å². The van der Waals surface area contributed by atoms with Crippen molar-refractivity contribution in [1.29, 1.82) is 0 Å². The Kier molecular flexibility index (Phi) is 7.21. The number of amides is 1. The van der Waals surface area contributed by atoms with Gasteiger partial charge >= 0.3 is 0 Å². The molecule has 1 aliphatic rings. The van der Waals surface area contributed by atoms with Gasteiger partial charge in [0.15, 0.2) is 11.8 Å². The Morgan fingerprint density at radius 1 is 1.28 bits per heavy atom. The van der Waals surface area contributed by atoms with Crippen LogP contribution in [0.25, 0.3) is 0 Å². The highest BCUT2D eigenvalue weighted by Gasteiger charge is 2.19. The van der Waals surface area contributed by atoms with E-state index in [4.69, 9.17) is 4.99 Å². The van der Waals surface area contributed by atoms with Gasteiger partial charge in [-0.2, -0.15) is 0 Å². The van der Waals surface area contributed by atoms with Gasteiger partial charge < -0.3 is 20.1 Å². The number of nitrogens with one attached hydrogen (secondary N) is 2. The van der Waals surface area contributed by atoms with Crippen LogP contribution in [0.2, 0.25) is 0 Å². The van der Waals surface area contributed by atoms with Crippen molar-refractivity contribution < 1.29 is 4.79 Å². The van der Waals surface area contributed by atoms with Crippen molar-refractivity contribution in [2.45, 2.75) is 45.7 Å². The predicted molar refractivity (Wildman–Crippen MR) is 113 cm³/mol. The Balaban J connectivity index is 1.59. The van der Waals surface area contributed by atoms with E-state index in [9.17, 15) is 4.79 Å². The summed E-state index contributed by atoms with van der Waals surface area (Å²) in [7, 11) is 1.94. The molecule has 1 saturated heterocycles. The van der Waals surface area contributed by atoms with E-state index in [2.05, 4.69) is 39.9 Å². The molecule has 1 fully saturated rings. The summed E-state index contributed by atoms with van der Waals surface area (Å²) < 4.78 is 1.95. The van der Waals surface area contributed by atoms with E-state index in [-0.39, 0.29) is 11.9 Å². The van der Waals surface area contributed by atoms with E-state index >= 15 is 0 Å². The quantitative estimate of drug-likeness (QED) is 0.404. The normalized spacial score (nSPS) is 15.6. The number of likely N-dealkylation sites (tertiary alicyclic amines) is 1. The van der Waals surface area contributed by atoms with E-state index in [0.717, 1.165) is 50.1 Å². The van der Waals surface area contributed by atoms with Crippen LogP contribution < -0.4 is 10.6 Å². The third-order valence-corrected chi connectivity index (χ3v) is 5.28. The van der Waals surface area contributed by atoms with Crippen molar-refractivity contribution >= 4 is 11.9 Å². The lowest BCUT2D eigenvalue weighted by Crippen LogP contribution is -2.40. The molecule has 3 rings (SSSR count). The van der Waals surface area contributed by atoms with E-state index < -0.39 is 0 Å². The number of benzene rings is 1. The van der Waals surface area contributed by atoms with Gasteiger partial charge in [0.25, 0.3) is 0 Å². The molecule has 2 heterocycles. The summed E-state index contributed by atoms with van der Waals surface area (Å²) in [5, 5.41) is 15.1. The lowest BCUT2D eigenvalue weighted by Gasteiger charge is -2.20. The Morgan fingerprint density at radius 3 is 2.72 bits per heavy atom. The van der Waals surface area contributed by atoms with E-state index in [0.29, 0.717) is 13.0 Å². The minimum absolute atomic E-state index is 0.115. The zero-order valence-electron chi connectivity index (χ0n) is 17.6. The van der Waals surface area contributed by atoms with Crippen molar-refractivity contribution in [3.05, 3.63) is 47.5 Å². The first-order valence-electron chi connectivity index (χ1n) is 10.3. The molecule has 0 bridgehead atoms. The van der Waals surface area contributed by atoms with Crippen LogP contribution in [0.4, 0.5) is 0 Å². The van der Waals surface area contributed by atoms with Crippen LogP contribution in [0.5, 0.6) is 0 Å². The fourth-order valence-electron chi connectivity index (χ4n) is 3.34. The van der Waals surface area contributed by atoms with Crippen LogP contribution >= 0.6 is 0 Å². The van der Waals surface area contributed by atoms with E-state index in [1.807, 2.05) is 41.6 Å². The number of aryl methyl sites for hydroxylation is 1.